The molecule has 7 heteroatoms. The second-order valence-electron chi connectivity index (χ2n) is 7.10. The van der Waals surface area contributed by atoms with Crippen LogP contribution in [0.3, 0.4) is 0 Å². The summed E-state index contributed by atoms with van der Waals surface area (Å²) in [6, 6.07) is 0. The first kappa shape index (κ1) is 19.6. The van der Waals surface area contributed by atoms with E-state index in [1.165, 1.54) is 0 Å². The van der Waals surface area contributed by atoms with Gasteiger partial charge in [-0.05, 0) is 27.7 Å². The molecule has 0 heterocycles. The van der Waals surface area contributed by atoms with Crippen LogP contribution in [0.15, 0.2) is 4.40 Å². The van der Waals surface area contributed by atoms with Crippen molar-refractivity contribution >= 4 is 16.7 Å². The van der Waals surface area contributed by atoms with Crippen molar-refractivity contribution in [3.8, 4) is 0 Å². The van der Waals surface area contributed by atoms with Crippen LogP contribution in [0.4, 0.5) is 13.2 Å². The molecule has 0 saturated carbocycles. The number of nitrogens with zero attached hydrogens (tertiary/aromatic N) is 1. The highest BCUT2D eigenvalue weighted by Crippen LogP contribution is 2.36. The molecule has 0 bridgehead atoms. The van der Waals surface area contributed by atoms with Crippen LogP contribution in [-0.4, -0.2) is 31.6 Å². The van der Waals surface area contributed by atoms with Crippen molar-refractivity contribution in [2.24, 2.45) is 9.81 Å². The normalized spacial score (nSPS) is 19.6. The topological polar surface area (TPSA) is 49.7 Å². The van der Waals surface area contributed by atoms with Crippen molar-refractivity contribution in [1.82, 2.24) is 0 Å². The van der Waals surface area contributed by atoms with Crippen LogP contribution in [0.25, 0.3) is 0 Å². The predicted molar refractivity (Wildman–Crippen MR) is 76.1 cm³/mol. The van der Waals surface area contributed by atoms with E-state index in [1.54, 1.807) is 41.5 Å². The summed E-state index contributed by atoms with van der Waals surface area (Å²) in [5.74, 6) is 0. The minimum absolute atomic E-state index is 0.0908. The largest absolute Gasteiger partial charge is 0.417 e. The van der Waals surface area contributed by atoms with Crippen molar-refractivity contribution in [3.63, 3.8) is 0 Å². The standard InChI is InChI=1S/C13H24F3NO2S/c1-10(2,3)9(17-20(19)11(4,5)6)8-12(7,18)13(14,15)16/h18H,8H2,1-7H3/b17-9-/t12-,20?/m1/s1. The summed E-state index contributed by atoms with van der Waals surface area (Å²) in [6.07, 6.45) is -5.45. The lowest BCUT2D eigenvalue weighted by Crippen LogP contribution is -2.46. The van der Waals surface area contributed by atoms with E-state index in [4.69, 9.17) is 0 Å². The van der Waals surface area contributed by atoms with Gasteiger partial charge in [-0.25, -0.2) is 4.21 Å². The fraction of sp³-hybridized carbons (Fsp3) is 0.923. The molecule has 0 rings (SSSR count). The van der Waals surface area contributed by atoms with Crippen molar-refractivity contribution in [1.29, 1.82) is 0 Å². The Morgan fingerprint density at radius 2 is 1.45 bits per heavy atom. The number of aliphatic hydroxyl groups is 1. The Kier molecular flexibility index (Phi) is 5.63. The summed E-state index contributed by atoms with van der Waals surface area (Å²) < 4.78 is 53.6. The van der Waals surface area contributed by atoms with Crippen LogP contribution in [0.5, 0.6) is 0 Å². The Morgan fingerprint density at radius 3 is 1.70 bits per heavy atom. The summed E-state index contributed by atoms with van der Waals surface area (Å²) in [7, 11) is -1.67. The fourth-order valence-corrected chi connectivity index (χ4v) is 1.91. The molecule has 1 N–H and O–H groups in total. The molecule has 0 aliphatic rings. The molecule has 0 spiro atoms. The molecule has 120 valence electrons. The maximum absolute atomic E-state index is 12.8. The van der Waals surface area contributed by atoms with Gasteiger partial charge in [0, 0.05) is 17.5 Å². The number of hydrogen-bond donors (Lipinski definition) is 1. The third-order valence-corrected chi connectivity index (χ3v) is 4.14. The summed E-state index contributed by atoms with van der Waals surface area (Å²) in [5.41, 5.74) is -3.51. The van der Waals surface area contributed by atoms with Crippen molar-refractivity contribution in [3.05, 3.63) is 0 Å². The molecular formula is C13H24F3NO2S. The molecule has 0 aromatic carbocycles. The van der Waals surface area contributed by atoms with E-state index in [9.17, 15) is 22.5 Å². The van der Waals surface area contributed by atoms with E-state index in [-0.39, 0.29) is 5.71 Å². The Labute approximate surface area is 121 Å². The highest BCUT2D eigenvalue weighted by atomic mass is 32.2. The van der Waals surface area contributed by atoms with Crippen molar-refractivity contribution in [2.45, 2.75) is 71.4 Å². The van der Waals surface area contributed by atoms with E-state index in [1.807, 2.05) is 0 Å². The first-order valence-electron chi connectivity index (χ1n) is 6.27. The minimum atomic E-state index is -4.76. The van der Waals surface area contributed by atoms with Gasteiger partial charge in [-0.15, -0.1) is 0 Å². The second-order valence-corrected chi connectivity index (χ2v) is 9.00. The number of alkyl halides is 3. The molecule has 0 aliphatic heterocycles. The van der Waals surface area contributed by atoms with Gasteiger partial charge < -0.3 is 5.11 Å². The number of rotatable bonds is 3. The van der Waals surface area contributed by atoms with E-state index in [0.29, 0.717) is 6.92 Å². The molecule has 1 unspecified atom stereocenters. The van der Waals surface area contributed by atoms with Gasteiger partial charge in [-0.3, -0.25) is 0 Å². The third-order valence-electron chi connectivity index (χ3n) is 2.71. The van der Waals surface area contributed by atoms with Crippen LogP contribution >= 0.6 is 0 Å². The van der Waals surface area contributed by atoms with E-state index < -0.39 is 39.3 Å². The van der Waals surface area contributed by atoms with Gasteiger partial charge in [0.05, 0.1) is 4.75 Å². The van der Waals surface area contributed by atoms with Crippen molar-refractivity contribution < 1.29 is 22.5 Å². The van der Waals surface area contributed by atoms with Gasteiger partial charge >= 0.3 is 6.18 Å². The van der Waals surface area contributed by atoms with Crippen LogP contribution in [-0.2, 0) is 11.0 Å². The summed E-state index contributed by atoms with van der Waals surface area (Å²) in [5, 5.41) is 9.60. The number of hydrogen-bond acceptors (Lipinski definition) is 2. The third kappa shape index (κ3) is 5.52. The molecule has 0 aliphatic carbocycles. The molecule has 0 saturated heterocycles. The zero-order chi connectivity index (χ0) is 16.6. The van der Waals surface area contributed by atoms with E-state index in [0.717, 1.165) is 0 Å². The smallest absolute Gasteiger partial charge is 0.380 e. The lowest BCUT2D eigenvalue weighted by Gasteiger charge is -2.31. The molecule has 3 nitrogen and oxygen atoms in total. The van der Waals surface area contributed by atoms with Gasteiger partial charge in [-0.2, -0.15) is 17.6 Å². The molecule has 0 aromatic rings. The van der Waals surface area contributed by atoms with Gasteiger partial charge in [0.1, 0.15) is 11.0 Å². The van der Waals surface area contributed by atoms with E-state index >= 15 is 0 Å². The molecule has 0 radical (unpaired) electrons. The second kappa shape index (κ2) is 5.75. The Hall–Kier alpha value is -0.430. The summed E-state index contributed by atoms with van der Waals surface area (Å²) >= 11 is 0. The van der Waals surface area contributed by atoms with Gasteiger partial charge in [0.25, 0.3) is 0 Å². The SMILES string of the molecule is CC(C)(C)/C(C[C@@](C)(O)C(F)(F)F)=N\S(=O)C(C)(C)C. The minimum Gasteiger partial charge on any atom is -0.380 e. The van der Waals surface area contributed by atoms with Crippen LogP contribution in [0.1, 0.15) is 54.9 Å². The lowest BCUT2D eigenvalue weighted by molar-refractivity contribution is -0.250. The zero-order valence-corrected chi connectivity index (χ0v) is 13.9. The Morgan fingerprint density at radius 1 is 1.05 bits per heavy atom. The highest BCUT2D eigenvalue weighted by Gasteiger charge is 2.51. The maximum Gasteiger partial charge on any atom is 0.417 e. The lowest BCUT2D eigenvalue weighted by atomic mass is 9.83. The monoisotopic (exact) mass is 315 g/mol. The molecular weight excluding hydrogens is 291 g/mol. The quantitative estimate of drug-likeness (QED) is 0.808. The van der Waals surface area contributed by atoms with Gasteiger partial charge in [-0.1, -0.05) is 20.8 Å². The molecule has 2 atom stereocenters. The van der Waals surface area contributed by atoms with Crippen LogP contribution < -0.4 is 0 Å². The highest BCUT2D eigenvalue weighted by molar-refractivity contribution is 7.85. The van der Waals surface area contributed by atoms with Crippen LogP contribution in [0, 0.1) is 5.41 Å². The average Bonchev–Trinajstić information content (AvgIpc) is 2.11. The molecule has 20 heavy (non-hydrogen) atoms. The maximum atomic E-state index is 12.8. The predicted octanol–water partition coefficient (Wildman–Crippen LogP) is 3.64. The zero-order valence-electron chi connectivity index (χ0n) is 13.1. The average molecular weight is 315 g/mol. The van der Waals surface area contributed by atoms with Gasteiger partial charge in [0.15, 0.2) is 5.60 Å². The summed E-state index contributed by atoms with van der Waals surface area (Å²) in [6.45, 7) is 10.8. The molecule has 0 amide bonds. The first-order chi connectivity index (χ1) is 8.48. The fourth-order valence-electron chi connectivity index (χ4n) is 1.10. The Balaban J connectivity index is 5.55. The number of halogens is 3. The first-order valence-corrected chi connectivity index (χ1v) is 7.38. The van der Waals surface area contributed by atoms with E-state index in [2.05, 4.69) is 4.40 Å². The molecule has 0 aromatic heterocycles. The van der Waals surface area contributed by atoms with Gasteiger partial charge in [0.2, 0.25) is 0 Å². The van der Waals surface area contributed by atoms with Crippen LogP contribution in [0.2, 0.25) is 0 Å². The molecule has 0 fully saturated rings. The Bertz CT molecular complexity index is 401. The summed E-state index contributed by atoms with van der Waals surface area (Å²) in [4.78, 5) is 0. The van der Waals surface area contributed by atoms with Crippen molar-refractivity contribution in [2.75, 3.05) is 0 Å².